The molecule has 1 atom stereocenters. The lowest BCUT2D eigenvalue weighted by Gasteiger charge is -2.26. The summed E-state index contributed by atoms with van der Waals surface area (Å²) in [7, 11) is 6.24. The van der Waals surface area contributed by atoms with Crippen molar-refractivity contribution in [3.63, 3.8) is 0 Å². The van der Waals surface area contributed by atoms with Crippen molar-refractivity contribution in [1.29, 1.82) is 0 Å². The van der Waals surface area contributed by atoms with Crippen molar-refractivity contribution in [2.75, 3.05) is 40.9 Å². The van der Waals surface area contributed by atoms with Crippen LogP contribution >= 0.6 is 0 Å². The Hall–Kier alpha value is 0.360. The summed E-state index contributed by atoms with van der Waals surface area (Å²) in [6.07, 6.45) is 7.36. The number of likely N-dealkylation sites (N-methyl/N-ethyl adjacent to an activating group) is 1. The summed E-state index contributed by atoms with van der Waals surface area (Å²) in [6, 6.07) is 0. The summed E-state index contributed by atoms with van der Waals surface area (Å²) in [5, 5.41) is 9.72. The number of nitrogens with zero attached hydrogens (tertiary/aromatic N) is 1. The van der Waals surface area contributed by atoms with Crippen molar-refractivity contribution >= 4 is 0 Å². The van der Waals surface area contributed by atoms with E-state index in [2.05, 4.69) is 28.1 Å². The largest absolute Gasteiger partial charge is 1.00 e. The molecule has 0 unspecified atom stereocenters. The first-order chi connectivity index (χ1) is 7.95. The highest BCUT2D eigenvalue weighted by Crippen LogP contribution is 2.05. The van der Waals surface area contributed by atoms with Crippen LogP contribution in [0.2, 0.25) is 0 Å². The fourth-order valence-corrected chi connectivity index (χ4v) is 1.89. The number of aliphatic hydroxyl groups excluding tert-OH is 1. The van der Waals surface area contributed by atoms with E-state index in [1.54, 1.807) is 0 Å². The number of halogens is 1. The quantitative estimate of drug-likeness (QED) is 0.407. The molecule has 0 spiro atoms. The van der Waals surface area contributed by atoms with Crippen molar-refractivity contribution in [1.82, 2.24) is 0 Å². The number of quaternary nitrogens is 1. The first-order valence-electron chi connectivity index (χ1n) is 7.02. The van der Waals surface area contributed by atoms with Gasteiger partial charge in [0, 0.05) is 6.61 Å². The molecule has 0 heterocycles. The summed E-state index contributed by atoms with van der Waals surface area (Å²) in [5.41, 5.74) is 0. The first kappa shape index (κ1) is 20.7. The molecule has 0 radical (unpaired) electrons. The predicted molar refractivity (Wildman–Crippen MR) is 73.1 cm³/mol. The molecule has 0 aliphatic carbocycles. The lowest BCUT2D eigenvalue weighted by molar-refractivity contribution is -0.873. The van der Waals surface area contributed by atoms with Gasteiger partial charge in [0.15, 0.2) is 0 Å². The van der Waals surface area contributed by atoms with E-state index in [0.717, 1.165) is 24.1 Å². The van der Waals surface area contributed by atoms with Crippen LogP contribution in [-0.4, -0.2) is 56.6 Å². The fraction of sp³-hybridized carbons (Fsp3) is 1.00. The third kappa shape index (κ3) is 16.4. The first-order valence-corrected chi connectivity index (χ1v) is 7.02. The average Bonchev–Trinajstić information content (AvgIpc) is 2.19. The number of aliphatic hydroxyl groups is 1. The zero-order valence-corrected chi connectivity index (χ0v) is 14.2. The van der Waals surface area contributed by atoms with Crippen LogP contribution < -0.4 is 17.0 Å². The highest BCUT2D eigenvalue weighted by Gasteiger charge is 2.14. The van der Waals surface area contributed by atoms with Crippen LogP contribution in [-0.2, 0) is 4.74 Å². The molecule has 4 heteroatoms. The SMILES string of the molecule is CCCCCCCCOC[C@@H](O)C[N+](C)(C)C.[Br-]. The zero-order chi connectivity index (χ0) is 13.1. The minimum Gasteiger partial charge on any atom is -1.00 e. The maximum absolute atomic E-state index is 9.72. The molecule has 0 aromatic heterocycles. The number of hydrogen-bond acceptors (Lipinski definition) is 2. The number of ether oxygens (including phenoxy) is 1. The smallest absolute Gasteiger partial charge is 0.126 e. The molecule has 0 saturated carbocycles. The number of hydrogen-bond donors (Lipinski definition) is 1. The summed E-state index contributed by atoms with van der Waals surface area (Å²) < 4.78 is 6.27. The molecule has 0 saturated heterocycles. The Morgan fingerprint density at radius 2 is 1.56 bits per heavy atom. The second-order valence-electron chi connectivity index (χ2n) is 5.97. The summed E-state index contributed by atoms with van der Waals surface area (Å²) in [5.74, 6) is 0. The van der Waals surface area contributed by atoms with E-state index in [1.165, 1.54) is 32.1 Å². The lowest BCUT2D eigenvalue weighted by Crippen LogP contribution is -3.00. The molecule has 0 bridgehead atoms. The van der Waals surface area contributed by atoms with Gasteiger partial charge in [-0.25, -0.2) is 0 Å². The molecule has 0 aromatic rings. The van der Waals surface area contributed by atoms with Gasteiger partial charge in [-0.2, -0.15) is 0 Å². The zero-order valence-electron chi connectivity index (χ0n) is 12.6. The van der Waals surface area contributed by atoms with Gasteiger partial charge >= 0.3 is 0 Å². The monoisotopic (exact) mass is 325 g/mol. The normalized spacial score (nSPS) is 13.2. The van der Waals surface area contributed by atoms with E-state index in [-0.39, 0.29) is 23.1 Å². The third-order valence-electron chi connectivity index (χ3n) is 2.71. The maximum atomic E-state index is 9.72. The Bertz CT molecular complexity index is 172. The average molecular weight is 326 g/mol. The molecule has 3 nitrogen and oxygen atoms in total. The van der Waals surface area contributed by atoms with Crippen LogP contribution in [0, 0.1) is 0 Å². The lowest BCUT2D eigenvalue weighted by atomic mass is 10.1. The van der Waals surface area contributed by atoms with Gasteiger partial charge in [0.25, 0.3) is 0 Å². The van der Waals surface area contributed by atoms with E-state index in [0.29, 0.717) is 6.61 Å². The van der Waals surface area contributed by atoms with Crippen LogP contribution in [0.15, 0.2) is 0 Å². The van der Waals surface area contributed by atoms with Crippen LogP contribution in [0.3, 0.4) is 0 Å². The molecule has 18 heavy (non-hydrogen) atoms. The van der Waals surface area contributed by atoms with Crippen molar-refractivity contribution in [3.05, 3.63) is 0 Å². The van der Waals surface area contributed by atoms with Gasteiger partial charge in [0.05, 0.1) is 27.7 Å². The molecule has 0 aliphatic heterocycles. The molecule has 0 rings (SSSR count). The Kier molecular flexibility index (Phi) is 14.2. The van der Waals surface area contributed by atoms with Crippen LogP contribution in [0.5, 0.6) is 0 Å². The molecule has 0 aliphatic rings. The van der Waals surface area contributed by atoms with Crippen molar-refractivity contribution in [2.45, 2.75) is 51.6 Å². The fourth-order valence-electron chi connectivity index (χ4n) is 1.89. The Morgan fingerprint density at radius 1 is 1.00 bits per heavy atom. The Labute approximate surface area is 124 Å². The van der Waals surface area contributed by atoms with Gasteiger partial charge in [-0.3, -0.25) is 0 Å². The van der Waals surface area contributed by atoms with Gasteiger partial charge in [0.2, 0.25) is 0 Å². The second-order valence-corrected chi connectivity index (χ2v) is 5.97. The minimum atomic E-state index is -0.338. The topological polar surface area (TPSA) is 29.5 Å². The van der Waals surface area contributed by atoms with E-state index in [4.69, 9.17) is 4.74 Å². The summed E-state index contributed by atoms with van der Waals surface area (Å²) in [6.45, 7) is 4.25. The number of rotatable bonds is 11. The second kappa shape index (κ2) is 12.4. The standard InChI is InChI=1S/C14H32NO2.BrH/c1-5-6-7-8-9-10-11-17-13-14(16)12-15(2,3)4;/h14,16H,5-13H2,1-4H3;1H/q+1;/p-1/t14-;/m0./s1. The van der Waals surface area contributed by atoms with E-state index >= 15 is 0 Å². The van der Waals surface area contributed by atoms with Crippen molar-refractivity contribution in [2.24, 2.45) is 0 Å². The van der Waals surface area contributed by atoms with Crippen molar-refractivity contribution < 1.29 is 31.3 Å². The Morgan fingerprint density at radius 3 is 2.11 bits per heavy atom. The van der Waals surface area contributed by atoms with Gasteiger partial charge in [-0.1, -0.05) is 39.0 Å². The number of unbranched alkanes of at least 4 members (excludes halogenated alkanes) is 5. The predicted octanol–water partition coefficient (Wildman–Crippen LogP) is -0.565. The molecule has 0 aromatic carbocycles. The highest BCUT2D eigenvalue weighted by atomic mass is 79.9. The van der Waals surface area contributed by atoms with Gasteiger partial charge < -0.3 is 31.3 Å². The van der Waals surface area contributed by atoms with Gasteiger partial charge in [-0.15, -0.1) is 0 Å². The molecular formula is C14H32BrNO2. The maximum Gasteiger partial charge on any atom is 0.126 e. The van der Waals surface area contributed by atoms with E-state index in [9.17, 15) is 5.11 Å². The molecule has 112 valence electrons. The minimum absolute atomic E-state index is 0. The summed E-state index contributed by atoms with van der Waals surface area (Å²) >= 11 is 0. The van der Waals surface area contributed by atoms with Crippen molar-refractivity contribution in [3.8, 4) is 0 Å². The van der Waals surface area contributed by atoms with Crippen LogP contribution in [0.4, 0.5) is 0 Å². The molecule has 1 N–H and O–H groups in total. The Balaban J connectivity index is 0. The van der Waals surface area contributed by atoms with E-state index in [1.807, 2.05) is 0 Å². The van der Waals surface area contributed by atoms with Crippen LogP contribution in [0.1, 0.15) is 45.4 Å². The molecular weight excluding hydrogens is 294 g/mol. The summed E-state index contributed by atoms with van der Waals surface area (Å²) in [4.78, 5) is 0. The third-order valence-corrected chi connectivity index (χ3v) is 2.71. The van der Waals surface area contributed by atoms with Gasteiger partial charge in [-0.05, 0) is 6.42 Å². The molecule has 0 amide bonds. The van der Waals surface area contributed by atoms with Crippen LogP contribution in [0.25, 0.3) is 0 Å². The highest BCUT2D eigenvalue weighted by molar-refractivity contribution is 4.51. The molecule has 0 fully saturated rings. The van der Waals surface area contributed by atoms with Gasteiger partial charge in [0.1, 0.15) is 12.6 Å². The van der Waals surface area contributed by atoms with E-state index < -0.39 is 0 Å².